The Bertz CT molecular complexity index is 917. The second-order valence-electron chi connectivity index (χ2n) is 11.8. The Morgan fingerprint density at radius 1 is 1.12 bits per heavy atom. The van der Waals surface area contributed by atoms with E-state index in [1.54, 1.807) is 0 Å². The van der Waals surface area contributed by atoms with E-state index in [0.29, 0.717) is 42.6 Å². The van der Waals surface area contributed by atoms with Crippen molar-refractivity contribution in [3.8, 4) is 0 Å². The van der Waals surface area contributed by atoms with E-state index in [9.17, 15) is 19.5 Å². The first-order valence-corrected chi connectivity index (χ1v) is 12.9. The molecule has 0 unspecified atom stereocenters. The van der Waals surface area contributed by atoms with Gasteiger partial charge in [0, 0.05) is 31.4 Å². The molecule has 2 N–H and O–H groups in total. The van der Waals surface area contributed by atoms with Crippen LogP contribution in [0, 0.1) is 28.6 Å². The Morgan fingerprint density at radius 3 is 2.52 bits per heavy atom. The lowest BCUT2D eigenvalue weighted by Crippen LogP contribution is -2.49. The fraction of sp³-hybridized carbons (Fsp3) is 0.750. The molecule has 5 nitrogen and oxygen atoms in total. The number of hydrogen-bond donors (Lipinski definition) is 2. The van der Waals surface area contributed by atoms with Gasteiger partial charge in [-0.3, -0.25) is 14.4 Å². The van der Waals surface area contributed by atoms with Gasteiger partial charge in [0.05, 0.1) is 6.10 Å². The standard InChI is InChI=1S/C28H41NO4/c1-16(29-18(3)30)6-9-24(32)17(2)26-25(33)15-23-21-8-7-19-14-20(31)10-12-27(19,4)22(21)11-13-28(23,26)5/h7,16,20-23,31H,6,8-15H2,1-5H3,(H,29,30)/b26-17+/t16-,20+,21+,22-,23-,27-,28-/m0/s1. The number of hydrogen-bond acceptors (Lipinski definition) is 4. The van der Waals surface area contributed by atoms with Crippen molar-refractivity contribution in [2.75, 3.05) is 0 Å². The molecular formula is C28H41NO4. The molecule has 0 aliphatic heterocycles. The summed E-state index contributed by atoms with van der Waals surface area (Å²) < 4.78 is 0. The second-order valence-corrected chi connectivity index (χ2v) is 11.8. The van der Waals surface area contributed by atoms with Crippen LogP contribution in [0.15, 0.2) is 22.8 Å². The van der Waals surface area contributed by atoms with Crippen molar-refractivity contribution >= 4 is 17.5 Å². The van der Waals surface area contributed by atoms with Gasteiger partial charge in [-0.15, -0.1) is 0 Å². The molecule has 5 heteroatoms. The van der Waals surface area contributed by atoms with Crippen LogP contribution in [0.2, 0.25) is 0 Å². The predicted molar refractivity (Wildman–Crippen MR) is 128 cm³/mol. The number of nitrogens with one attached hydrogen (secondary N) is 1. The zero-order valence-electron chi connectivity index (χ0n) is 21.0. The van der Waals surface area contributed by atoms with Gasteiger partial charge in [-0.25, -0.2) is 0 Å². The largest absolute Gasteiger partial charge is 0.393 e. The number of amides is 1. The molecule has 0 saturated heterocycles. The molecule has 0 radical (unpaired) electrons. The van der Waals surface area contributed by atoms with Crippen LogP contribution in [-0.4, -0.2) is 34.7 Å². The number of fused-ring (bicyclic) bond motifs is 5. The summed E-state index contributed by atoms with van der Waals surface area (Å²) in [5.74, 6) is 1.44. The minimum absolute atomic E-state index is 0.0404. The summed E-state index contributed by atoms with van der Waals surface area (Å²) in [6.07, 6.45) is 9.39. The van der Waals surface area contributed by atoms with Crippen molar-refractivity contribution in [3.63, 3.8) is 0 Å². The average Bonchev–Trinajstić information content (AvgIpc) is 3.01. The smallest absolute Gasteiger partial charge is 0.217 e. The van der Waals surface area contributed by atoms with Crippen LogP contribution in [0.5, 0.6) is 0 Å². The maximum atomic E-state index is 13.3. The zero-order chi connectivity index (χ0) is 24.1. The van der Waals surface area contributed by atoms with E-state index in [0.717, 1.165) is 44.1 Å². The minimum Gasteiger partial charge on any atom is -0.393 e. The third-order valence-electron chi connectivity index (χ3n) is 9.77. The third kappa shape index (κ3) is 4.15. The predicted octanol–water partition coefficient (Wildman–Crippen LogP) is 4.68. The number of aliphatic hydroxyl groups excluding tert-OH is 1. The Hall–Kier alpha value is -1.75. The molecule has 0 spiro atoms. The van der Waals surface area contributed by atoms with E-state index in [1.807, 2.05) is 13.8 Å². The van der Waals surface area contributed by atoms with Crippen LogP contribution in [0.25, 0.3) is 0 Å². The van der Waals surface area contributed by atoms with Crippen molar-refractivity contribution in [2.45, 2.75) is 105 Å². The number of carbonyl (C=O) groups is 3. The summed E-state index contributed by atoms with van der Waals surface area (Å²) >= 11 is 0. The van der Waals surface area contributed by atoms with Gasteiger partial charge in [-0.2, -0.15) is 0 Å². The summed E-state index contributed by atoms with van der Waals surface area (Å²) in [5, 5.41) is 13.0. The van der Waals surface area contributed by atoms with Gasteiger partial charge < -0.3 is 10.4 Å². The third-order valence-corrected chi connectivity index (χ3v) is 9.77. The molecular weight excluding hydrogens is 414 g/mol. The molecule has 3 fully saturated rings. The summed E-state index contributed by atoms with van der Waals surface area (Å²) in [6.45, 7) is 9.87. The highest BCUT2D eigenvalue weighted by Crippen LogP contribution is 2.65. The van der Waals surface area contributed by atoms with Crippen molar-refractivity contribution in [1.29, 1.82) is 0 Å². The number of Topliss-reactive ketones (excluding diaryl/α,β-unsaturated/α-hetero) is 2. The van der Waals surface area contributed by atoms with Gasteiger partial charge in [0.1, 0.15) is 0 Å². The van der Waals surface area contributed by atoms with Crippen molar-refractivity contribution in [3.05, 3.63) is 22.8 Å². The molecule has 4 rings (SSSR count). The molecule has 4 aliphatic carbocycles. The molecule has 7 atom stereocenters. The van der Waals surface area contributed by atoms with E-state index >= 15 is 0 Å². The lowest BCUT2D eigenvalue weighted by Gasteiger charge is -2.57. The first-order chi connectivity index (χ1) is 15.5. The van der Waals surface area contributed by atoms with Crippen molar-refractivity contribution < 1.29 is 19.5 Å². The van der Waals surface area contributed by atoms with Gasteiger partial charge >= 0.3 is 0 Å². The van der Waals surface area contributed by atoms with Gasteiger partial charge in [0.2, 0.25) is 5.91 Å². The molecule has 0 heterocycles. The maximum Gasteiger partial charge on any atom is 0.217 e. The summed E-state index contributed by atoms with van der Waals surface area (Å²) in [7, 11) is 0. The molecule has 4 aliphatic rings. The molecule has 0 bridgehead atoms. The monoisotopic (exact) mass is 455 g/mol. The van der Waals surface area contributed by atoms with E-state index in [1.165, 1.54) is 12.5 Å². The lowest BCUT2D eigenvalue weighted by molar-refractivity contribution is -0.120. The van der Waals surface area contributed by atoms with Gasteiger partial charge in [0.25, 0.3) is 0 Å². The minimum atomic E-state index is -0.225. The van der Waals surface area contributed by atoms with Crippen LogP contribution in [0.3, 0.4) is 0 Å². The zero-order valence-corrected chi connectivity index (χ0v) is 21.0. The van der Waals surface area contributed by atoms with E-state index in [4.69, 9.17) is 0 Å². The maximum absolute atomic E-state index is 13.3. The lowest BCUT2D eigenvalue weighted by atomic mass is 9.47. The SMILES string of the molecule is CC(=O)N[C@@H](C)CCC(=O)/C(C)=C1\C(=O)C[C@H]2[C@@H]3CC=C4C[C@H](O)CC[C@]4(C)[C@H]3CC[C@]12C. The number of ketones is 2. The van der Waals surface area contributed by atoms with Crippen LogP contribution >= 0.6 is 0 Å². The topological polar surface area (TPSA) is 83.5 Å². The highest BCUT2D eigenvalue weighted by atomic mass is 16.3. The Kier molecular flexibility index (Phi) is 6.50. The van der Waals surface area contributed by atoms with E-state index < -0.39 is 0 Å². The molecule has 3 saturated carbocycles. The Labute approximate surface area is 198 Å². The molecule has 33 heavy (non-hydrogen) atoms. The normalized spacial score (nSPS) is 40.2. The fourth-order valence-electron chi connectivity index (χ4n) is 8.00. The number of rotatable bonds is 5. The summed E-state index contributed by atoms with van der Waals surface area (Å²) in [6, 6.07) is -0.0553. The van der Waals surface area contributed by atoms with Crippen LogP contribution in [0.4, 0.5) is 0 Å². The fourth-order valence-corrected chi connectivity index (χ4v) is 8.00. The van der Waals surface area contributed by atoms with E-state index in [2.05, 4.69) is 25.2 Å². The molecule has 182 valence electrons. The van der Waals surface area contributed by atoms with Gasteiger partial charge in [-0.1, -0.05) is 25.5 Å². The molecule has 0 aromatic heterocycles. The van der Waals surface area contributed by atoms with Crippen LogP contribution in [0.1, 0.15) is 92.4 Å². The first kappa shape index (κ1) is 24.4. The van der Waals surface area contributed by atoms with Gasteiger partial charge in [-0.05, 0) is 93.0 Å². The summed E-state index contributed by atoms with van der Waals surface area (Å²) in [4.78, 5) is 37.7. The highest BCUT2D eigenvalue weighted by molar-refractivity contribution is 6.08. The average molecular weight is 456 g/mol. The number of carbonyl (C=O) groups excluding carboxylic acids is 3. The quantitative estimate of drug-likeness (QED) is 0.466. The summed E-state index contributed by atoms with van der Waals surface area (Å²) in [5.41, 5.74) is 2.80. The van der Waals surface area contributed by atoms with Crippen LogP contribution in [-0.2, 0) is 14.4 Å². The first-order valence-electron chi connectivity index (χ1n) is 12.9. The Balaban J connectivity index is 1.56. The molecule has 1 amide bonds. The van der Waals surface area contributed by atoms with Crippen LogP contribution < -0.4 is 5.32 Å². The van der Waals surface area contributed by atoms with Crippen molar-refractivity contribution in [2.24, 2.45) is 28.6 Å². The number of aliphatic hydroxyl groups is 1. The number of allylic oxidation sites excluding steroid dienone is 3. The van der Waals surface area contributed by atoms with Gasteiger partial charge in [0.15, 0.2) is 11.6 Å². The molecule has 0 aromatic carbocycles. The second kappa shape index (κ2) is 8.79. The van der Waals surface area contributed by atoms with E-state index in [-0.39, 0.29) is 40.4 Å². The molecule has 0 aromatic rings. The highest BCUT2D eigenvalue weighted by Gasteiger charge is 2.59. The Morgan fingerprint density at radius 2 is 1.82 bits per heavy atom. The van der Waals surface area contributed by atoms with Crippen molar-refractivity contribution in [1.82, 2.24) is 5.32 Å².